The van der Waals surface area contributed by atoms with Gasteiger partial charge < -0.3 is 26.5 Å². The van der Waals surface area contributed by atoms with E-state index in [0.717, 1.165) is 12.2 Å². The summed E-state index contributed by atoms with van der Waals surface area (Å²) in [6, 6.07) is 13.0. The lowest BCUT2D eigenvalue weighted by molar-refractivity contribution is 0.397. The van der Waals surface area contributed by atoms with Crippen LogP contribution in [0.3, 0.4) is 0 Å². The first-order valence-corrected chi connectivity index (χ1v) is 7.42. The number of methoxy groups -OCH3 is 1. The number of hydrogen-bond acceptors (Lipinski definition) is 3. The predicted molar refractivity (Wildman–Crippen MR) is 110 cm³/mol. The number of pyridine rings is 1. The van der Waals surface area contributed by atoms with Gasteiger partial charge in [-0.1, -0.05) is 12.1 Å². The molecule has 0 unspecified atom stereocenters. The largest absolute Gasteiger partial charge is 0.497 e. The Labute approximate surface area is 167 Å². The third-order valence-electron chi connectivity index (χ3n) is 4.52. The summed E-state index contributed by atoms with van der Waals surface area (Å²) in [5.74, 6) is 1.40. The van der Waals surface area contributed by atoms with Gasteiger partial charge in [-0.05, 0) is 55.7 Å². The molecule has 1 aromatic heterocycles. The lowest BCUT2D eigenvalue weighted by Crippen LogP contribution is -2.37. The van der Waals surface area contributed by atoms with Crippen molar-refractivity contribution in [3.05, 3.63) is 59.9 Å². The molecule has 0 amide bonds. The third kappa shape index (κ3) is 6.09. The minimum absolute atomic E-state index is 0. The van der Waals surface area contributed by atoms with Crippen molar-refractivity contribution in [2.24, 2.45) is 0 Å². The van der Waals surface area contributed by atoms with Crippen LogP contribution >= 0.6 is 24.8 Å². The van der Waals surface area contributed by atoms with Gasteiger partial charge >= 0.3 is 0 Å². The molecule has 150 valence electrons. The summed E-state index contributed by atoms with van der Waals surface area (Å²) in [7, 11) is 1.70. The number of halogens is 2. The van der Waals surface area contributed by atoms with Gasteiger partial charge in [0, 0.05) is 29.9 Å². The van der Waals surface area contributed by atoms with Gasteiger partial charge in [0.05, 0.1) is 7.11 Å². The van der Waals surface area contributed by atoms with Gasteiger partial charge in [0.25, 0.3) is 0 Å². The summed E-state index contributed by atoms with van der Waals surface area (Å²) in [5.41, 5.74) is 2.75. The zero-order chi connectivity index (χ0) is 14.9. The number of aromatic nitrogens is 1. The monoisotopic (exact) mass is 408 g/mol. The van der Waals surface area contributed by atoms with Crippen molar-refractivity contribution in [1.29, 1.82) is 0 Å². The molecule has 1 aliphatic heterocycles. The van der Waals surface area contributed by atoms with Crippen molar-refractivity contribution in [3.63, 3.8) is 0 Å². The van der Waals surface area contributed by atoms with Crippen LogP contribution in [0.15, 0.2) is 48.8 Å². The van der Waals surface area contributed by atoms with Crippen molar-refractivity contribution in [3.8, 4) is 5.75 Å². The number of nitrogens with one attached hydrogen (secondary N) is 1. The second-order valence-electron chi connectivity index (χ2n) is 6.26. The molecule has 3 rings (SSSR count). The van der Waals surface area contributed by atoms with Crippen molar-refractivity contribution < 1.29 is 21.2 Å². The summed E-state index contributed by atoms with van der Waals surface area (Å²) < 4.78 is 5.24. The molecule has 2 heterocycles. The lowest BCUT2D eigenvalue weighted by Gasteiger charge is -2.27. The number of hydrogen-bond donors (Lipinski definition) is 1. The van der Waals surface area contributed by atoms with Gasteiger partial charge in [-0.15, -0.1) is 24.8 Å². The van der Waals surface area contributed by atoms with E-state index < -0.39 is 0 Å². The summed E-state index contributed by atoms with van der Waals surface area (Å²) in [4.78, 5) is 4.13. The maximum atomic E-state index is 5.24. The Bertz CT molecular complexity index is 612. The van der Waals surface area contributed by atoms with Crippen LogP contribution in [0.1, 0.15) is 43.4 Å². The lowest BCUT2D eigenvalue weighted by atomic mass is 9.83. The first-order valence-electron chi connectivity index (χ1n) is 7.42. The highest BCUT2D eigenvalue weighted by Crippen LogP contribution is 2.43. The van der Waals surface area contributed by atoms with Crippen LogP contribution in [0.25, 0.3) is 0 Å². The van der Waals surface area contributed by atoms with Gasteiger partial charge in [-0.3, -0.25) is 4.98 Å². The molecule has 0 radical (unpaired) electrons. The maximum absolute atomic E-state index is 5.24. The summed E-state index contributed by atoms with van der Waals surface area (Å²) in [6.07, 6.45) is 4.86. The Morgan fingerprint density at radius 2 is 1.46 bits per heavy atom. The van der Waals surface area contributed by atoms with Gasteiger partial charge in [0.15, 0.2) is 0 Å². The Kier molecular flexibility index (Phi) is 13.6. The quantitative estimate of drug-likeness (QED) is 0.833. The van der Waals surface area contributed by atoms with Crippen LogP contribution in [0, 0.1) is 0 Å². The highest BCUT2D eigenvalue weighted by atomic mass is 35.5. The van der Waals surface area contributed by atoms with Crippen LogP contribution < -0.4 is 10.1 Å². The average Bonchev–Trinajstić information content (AvgIpc) is 2.84. The fourth-order valence-corrected chi connectivity index (χ4v) is 3.34. The van der Waals surface area contributed by atoms with E-state index in [1.807, 2.05) is 24.5 Å². The Hall–Kier alpha value is -1.41. The van der Waals surface area contributed by atoms with Crippen LogP contribution in [-0.4, -0.2) is 34.1 Å². The van der Waals surface area contributed by atoms with Crippen LogP contribution in [0.5, 0.6) is 5.75 Å². The molecule has 0 saturated carbocycles. The van der Waals surface area contributed by atoms with Gasteiger partial charge in [0.2, 0.25) is 0 Å². The summed E-state index contributed by atoms with van der Waals surface area (Å²) in [5, 5.41) is 3.77. The molecule has 2 atom stereocenters. The van der Waals surface area contributed by atoms with Crippen molar-refractivity contribution in [2.75, 3.05) is 7.11 Å². The van der Waals surface area contributed by atoms with Gasteiger partial charge in [-0.2, -0.15) is 0 Å². The smallest absolute Gasteiger partial charge is 0.118 e. The van der Waals surface area contributed by atoms with E-state index in [4.69, 9.17) is 4.74 Å². The Morgan fingerprint density at radius 1 is 0.923 bits per heavy atom. The minimum atomic E-state index is 0. The first-order chi connectivity index (χ1) is 10.1. The number of benzene rings is 1. The van der Waals surface area contributed by atoms with Gasteiger partial charge in [0.1, 0.15) is 5.75 Å². The molecule has 1 aliphatic rings. The van der Waals surface area contributed by atoms with Crippen LogP contribution in [-0.2, 0) is 0 Å². The molecule has 8 heteroatoms. The van der Waals surface area contributed by atoms with Crippen molar-refractivity contribution in [1.82, 2.24) is 10.3 Å². The molecule has 26 heavy (non-hydrogen) atoms. The normalized spacial score (nSPS) is 19.3. The highest BCUT2D eigenvalue weighted by Gasteiger charge is 2.40. The molecular weight excluding hydrogens is 379 g/mol. The Morgan fingerprint density at radius 3 is 1.96 bits per heavy atom. The average molecular weight is 409 g/mol. The number of nitrogens with zero attached hydrogens (tertiary/aromatic N) is 1. The fraction of sp³-hybridized carbons (Fsp3) is 0.389. The molecule has 1 fully saturated rings. The molecule has 1 saturated heterocycles. The molecule has 0 bridgehead atoms. The molecular formula is C18H30Cl2N2O4. The van der Waals surface area contributed by atoms with Crippen molar-refractivity contribution in [2.45, 2.75) is 37.8 Å². The van der Waals surface area contributed by atoms with Crippen LogP contribution in [0.4, 0.5) is 0 Å². The standard InChI is InChI=1S/C18H22N2O.2ClH.3H2O/c1-18(2)16(13-8-10-19-11-9-13)12-17(20-18)14-4-6-15(21-3)7-5-14;;;;;/h4-11,16-17,20H,12H2,1-3H3;2*1H;3*1H2/t16-,17+;;;;;/m1...../s1. The Balaban J connectivity index is -0.00000106. The maximum Gasteiger partial charge on any atom is 0.118 e. The fourth-order valence-electron chi connectivity index (χ4n) is 3.34. The van der Waals surface area contributed by atoms with Crippen LogP contribution in [0.2, 0.25) is 0 Å². The first kappa shape index (κ1) is 29.4. The minimum Gasteiger partial charge on any atom is -0.497 e. The second kappa shape index (κ2) is 12.1. The molecule has 6 nitrogen and oxygen atoms in total. The zero-order valence-corrected chi connectivity index (χ0v) is 16.8. The van der Waals surface area contributed by atoms with Gasteiger partial charge in [-0.25, -0.2) is 0 Å². The van der Waals surface area contributed by atoms with Crippen molar-refractivity contribution >= 4 is 24.8 Å². The van der Waals surface area contributed by atoms with E-state index in [2.05, 4.69) is 48.4 Å². The summed E-state index contributed by atoms with van der Waals surface area (Å²) >= 11 is 0. The number of ether oxygens (including phenoxy) is 1. The predicted octanol–water partition coefficient (Wildman–Crippen LogP) is 2.06. The third-order valence-corrected chi connectivity index (χ3v) is 4.52. The summed E-state index contributed by atoms with van der Waals surface area (Å²) in [6.45, 7) is 4.56. The van der Waals surface area contributed by atoms with E-state index in [1.165, 1.54) is 11.1 Å². The molecule has 7 N–H and O–H groups in total. The SMILES string of the molecule is COc1ccc([C@@H]2C[C@H](c3ccncc3)C(C)(C)N2)cc1.Cl.Cl.O.O.O. The van der Waals surface area contributed by atoms with E-state index in [1.54, 1.807) is 7.11 Å². The second-order valence-corrected chi connectivity index (χ2v) is 6.26. The van der Waals surface area contributed by atoms with E-state index in [0.29, 0.717) is 12.0 Å². The van der Waals surface area contributed by atoms with E-state index >= 15 is 0 Å². The number of rotatable bonds is 3. The van der Waals surface area contributed by atoms with E-state index in [-0.39, 0.29) is 46.8 Å². The van der Waals surface area contributed by atoms with E-state index in [9.17, 15) is 0 Å². The highest BCUT2D eigenvalue weighted by molar-refractivity contribution is 5.85. The molecule has 1 aromatic carbocycles. The molecule has 0 spiro atoms. The zero-order valence-electron chi connectivity index (χ0n) is 15.2. The molecule has 0 aliphatic carbocycles. The molecule has 2 aromatic rings. The topological polar surface area (TPSA) is 129 Å².